The minimum absolute atomic E-state index is 0.0821. The molecule has 0 radical (unpaired) electrons. The van der Waals surface area contributed by atoms with Crippen molar-refractivity contribution in [3.8, 4) is 0 Å². The highest BCUT2D eigenvalue weighted by molar-refractivity contribution is 5.96. The molecule has 1 heterocycles. The number of benzene rings is 1. The number of furan rings is 1. The van der Waals surface area contributed by atoms with Crippen molar-refractivity contribution in [1.82, 2.24) is 10.2 Å². The molecule has 2 fully saturated rings. The van der Waals surface area contributed by atoms with Crippen LogP contribution in [-0.4, -0.2) is 28.8 Å². The van der Waals surface area contributed by atoms with Crippen molar-refractivity contribution in [2.45, 2.75) is 75.9 Å². The first-order chi connectivity index (χ1) is 14.6. The second-order valence-corrected chi connectivity index (χ2v) is 8.40. The average Bonchev–Trinajstić information content (AvgIpc) is 3.47. The van der Waals surface area contributed by atoms with Crippen LogP contribution in [0.5, 0.6) is 0 Å². The third kappa shape index (κ3) is 4.42. The van der Waals surface area contributed by atoms with E-state index in [9.17, 15) is 14.0 Å². The molecular formula is C24H29FN2O3. The lowest BCUT2D eigenvalue weighted by atomic mass is 9.91. The molecule has 0 spiro atoms. The van der Waals surface area contributed by atoms with Crippen molar-refractivity contribution in [3.05, 3.63) is 59.8 Å². The largest absolute Gasteiger partial charge is 0.459 e. The molecule has 2 aliphatic rings. The Labute approximate surface area is 176 Å². The normalized spacial score (nSPS) is 18.8. The lowest BCUT2D eigenvalue weighted by Gasteiger charge is -2.39. The zero-order chi connectivity index (χ0) is 20.9. The maximum Gasteiger partial charge on any atom is 0.290 e. The topological polar surface area (TPSA) is 62.6 Å². The van der Waals surface area contributed by atoms with Gasteiger partial charge in [-0.3, -0.25) is 9.59 Å². The van der Waals surface area contributed by atoms with E-state index in [0.29, 0.717) is 0 Å². The minimum Gasteiger partial charge on any atom is -0.459 e. The molecule has 0 saturated heterocycles. The van der Waals surface area contributed by atoms with Gasteiger partial charge in [0.15, 0.2) is 5.76 Å². The minimum atomic E-state index is -1.02. The Bertz CT molecular complexity index is 855. The van der Waals surface area contributed by atoms with Gasteiger partial charge in [-0.05, 0) is 43.9 Å². The molecule has 2 saturated carbocycles. The van der Waals surface area contributed by atoms with Crippen LogP contribution in [0, 0.1) is 5.82 Å². The molecule has 2 amide bonds. The van der Waals surface area contributed by atoms with Crippen LogP contribution in [0.1, 0.15) is 79.9 Å². The molecule has 0 bridgehead atoms. The van der Waals surface area contributed by atoms with E-state index in [4.69, 9.17) is 4.42 Å². The molecule has 2 aromatic rings. The molecule has 30 heavy (non-hydrogen) atoms. The highest BCUT2D eigenvalue weighted by Crippen LogP contribution is 2.34. The molecule has 5 nitrogen and oxygen atoms in total. The van der Waals surface area contributed by atoms with Crippen LogP contribution in [0.25, 0.3) is 0 Å². The SMILES string of the molecule is O=C(NC1CCCC1)C(c1ccccc1F)N(C(=O)c1ccco1)C1CCCCC1. The zero-order valence-corrected chi connectivity index (χ0v) is 17.2. The van der Waals surface area contributed by atoms with Gasteiger partial charge in [-0.1, -0.05) is 50.3 Å². The van der Waals surface area contributed by atoms with Crippen molar-refractivity contribution < 1.29 is 18.4 Å². The molecular weight excluding hydrogens is 383 g/mol. The van der Waals surface area contributed by atoms with Gasteiger partial charge in [0.2, 0.25) is 5.91 Å². The highest BCUT2D eigenvalue weighted by atomic mass is 19.1. The number of carbonyl (C=O) groups excluding carboxylic acids is 2. The summed E-state index contributed by atoms with van der Waals surface area (Å²) in [6, 6.07) is 8.46. The van der Waals surface area contributed by atoms with E-state index in [1.807, 2.05) is 0 Å². The van der Waals surface area contributed by atoms with Crippen LogP contribution < -0.4 is 5.32 Å². The second-order valence-electron chi connectivity index (χ2n) is 8.40. The van der Waals surface area contributed by atoms with Crippen LogP contribution in [0.2, 0.25) is 0 Å². The molecule has 2 aliphatic carbocycles. The van der Waals surface area contributed by atoms with Crippen molar-refractivity contribution in [1.29, 1.82) is 0 Å². The van der Waals surface area contributed by atoms with E-state index in [2.05, 4.69) is 5.32 Å². The van der Waals surface area contributed by atoms with Crippen molar-refractivity contribution >= 4 is 11.8 Å². The number of nitrogens with zero attached hydrogens (tertiary/aromatic N) is 1. The number of hydrogen-bond acceptors (Lipinski definition) is 3. The first-order valence-corrected chi connectivity index (χ1v) is 11.1. The first kappa shape index (κ1) is 20.6. The van der Waals surface area contributed by atoms with Crippen molar-refractivity contribution in [2.24, 2.45) is 0 Å². The van der Waals surface area contributed by atoms with Crippen LogP contribution in [0.15, 0.2) is 47.1 Å². The maximum absolute atomic E-state index is 14.9. The highest BCUT2D eigenvalue weighted by Gasteiger charge is 2.40. The van der Waals surface area contributed by atoms with Gasteiger partial charge < -0.3 is 14.6 Å². The molecule has 4 rings (SSSR count). The fourth-order valence-corrected chi connectivity index (χ4v) is 4.85. The second kappa shape index (κ2) is 9.45. The van der Waals surface area contributed by atoms with Crippen LogP contribution in [0.4, 0.5) is 4.39 Å². The van der Waals surface area contributed by atoms with Gasteiger partial charge in [0.05, 0.1) is 6.26 Å². The van der Waals surface area contributed by atoms with Gasteiger partial charge in [0.1, 0.15) is 11.9 Å². The fourth-order valence-electron chi connectivity index (χ4n) is 4.85. The Morgan fingerprint density at radius 1 is 0.967 bits per heavy atom. The molecule has 6 heteroatoms. The van der Waals surface area contributed by atoms with E-state index >= 15 is 0 Å². The standard InChI is InChI=1S/C24H29FN2O3/c25-20-14-7-6-13-19(20)22(23(28)26-17-9-4-5-10-17)27(18-11-2-1-3-12-18)24(29)21-15-8-16-30-21/h6-8,13-18,22H,1-5,9-12H2,(H,26,28). The van der Waals surface area contributed by atoms with Crippen LogP contribution in [0.3, 0.4) is 0 Å². The number of amides is 2. The fraction of sp³-hybridized carbons (Fsp3) is 0.500. The van der Waals surface area contributed by atoms with Crippen molar-refractivity contribution in [2.75, 3.05) is 0 Å². The Morgan fingerprint density at radius 2 is 1.67 bits per heavy atom. The Kier molecular flexibility index (Phi) is 6.50. The summed E-state index contributed by atoms with van der Waals surface area (Å²) in [5.41, 5.74) is 0.235. The van der Waals surface area contributed by atoms with Gasteiger partial charge in [-0.2, -0.15) is 0 Å². The van der Waals surface area contributed by atoms with E-state index in [0.717, 1.165) is 57.8 Å². The molecule has 1 aromatic heterocycles. The number of carbonyl (C=O) groups is 2. The number of hydrogen-bond donors (Lipinski definition) is 1. The lowest BCUT2D eigenvalue weighted by molar-refractivity contribution is -0.127. The zero-order valence-electron chi connectivity index (χ0n) is 17.2. The average molecular weight is 413 g/mol. The van der Waals surface area contributed by atoms with E-state index in [1.54, 1.807) is 35.2 Å². The molecule has 1 N–H and O–H groups in total. The Hall–Kier alpha value is -2.63. The number of nitrogens with one attached hydrogen (secondary N) is 1. The molecule has 1 aromatic carbocycles. The summed E-state index contributed by atoms with van der Waals surface area (Å²) in [5, 5.41) is 3.09. The van der Waals surface area contributed by atoms with Gasteiger partial charge in [0, 0.05) is 17.6 Å². The summed E-state index contributed by atoms with van der Waals surface area (Å²) in [7, 11) is 0. The third-order valence-electron chi connectivity index (χ3n) is 6.36. The van der Waals surface area contributed by atoms with Crippen LogP contribution in [-0.2, 0) is 4.79 Å². The van der Waals surface area contributed by atoms with Gasteiger partial charge >= 0.3 is 0 Å². The number of rotatable bonds is 6. The monoisotopic (exact) mass is 412 g/mol. The Morgan fingerprint density at radius 3 is 2.33 bits per heavy atom. The predicted octanol–water partition coefficient (Wildman–Crippen LogP) is 4.99. The quantitative estimate of drug-likeness (QED) is 0.727. The van der Waals surface area contributed by atoms with Gasteiger partial charge in [0.25, 0.3) is 5.91 Å². The van der Waals surface area contributed by atoms with Crippen molar-refractivity contribution in [3.63, 3.8) is 0 Å². The van der Waals surface area contributed by atoms with E-state index < -0.39 is 11.9 Å². The molecule has 0 aliphatic heterocycles. The summed E-state index contributed by atoms with van der Waals surface area (Å²) in [6.07, 6.45) is 10.1. The molecule has 1 atom stereocenters. The summed E-state index contributed by atoms with van der Waals surface area (Å²) in [5.74, 6) is -0.966. The van der Waals surface area contributed by atoms with E-state index in [1.165, 1.54) is 12.3 Å². The van der Waals surface area contributed by atoms with Crippen LogP contribution >= 0.6 is 0 Å². The third-order valence-corrected chi connectivity index (χ3v) is 6.36. The number of halogens is 1. The van der Waals surface area contributed by atoms with Gasteiger partial charge in [-0.25, -0.2) is 4.39 Å². The molecule has 1 unspecified atom stereocenters. The summed E-state index contributed by atoms with van der Waals surface area (Å²) < 4.78 is 20.3. The summed E-state index contributed by atoms with van der Waals surface area (Å²) in [6.45, 7) is 0. The summed E-state index contributed by atoms with van der Waals surface area (Å²) >= 11 is 0. The van der Waals surface area contributed by atoms with E-state index in [-0.39, 0.29) is 35.2 Å². The predicted molar refractivity (Wildman–Crippen MR) is 111 cm³/mol. The Balaban J connectivity index is 1.74. The first-order valence-electron chi connectivity index (χ1n) is 11.1. The maximum atomic E-state index is 14.9. The summed E-state index contributed by atoms with van der Waals surface area (Å²) in [4.78, 5) is 28.6. The smallest absolute Gasteiger partial charge is 0.290 e. The molecule has 160 valence electrons. The lowest BCUT2D eigenvalue weighted by Crippen LogP contribution is -2.51. The van der Waals surface area contributed by atoms with Gasteiger partial charge in [-0.15, -0.1) is 0 Å².